The molecule has 0 atom stereocenters. The Morgan fingerprint density at radius 3 is 2.45 bits per heavy atom. The molecule has 4 aliphatic rings. The fourth-order valence-electron chi connectivity index (χ4n) is 8.75. The highest BCUT2D eigenvalue weighted by atomic mass is 16.5. The van der Waals surface area contributed by atoms with E-state index in [1.165, 1.54) is 24.1 Å². The first-order valence-corrected chi connectivity index (χ1v) is 19.6. The first-order valence-electron chi connectivity index (χ1n) is 19.6. The molecule has 12 nitrogen and oxygen atoms in total. The first kappa shape index (κ1) is 35.0. The highest BCUT2D eigenvalue weighted by Crippen LogP contribution is 2.37. The van der Waals surface area contributed by atoms with Gasteiger partial charge in [-0.1, -0.05) is 24.3 Å². The number of anilines is 5. The van der Waals surface area contributed by atoms with E-state index in [1.807, 2.05) is 25.4 Å². The molecule has 3 N–H and O–H groups in total. The summed E-state index contributed by atoms with van der Waals surface area (Å²) in [5.74, 6) is 1.59. The number of ether oxygens (including phenoxy) is 1. The van der Waals surface area contributed by atoms with Crippen molar-refractivity contribution in [2.45, 2.75) is 57.9 Å². The van der Waals surface area contributed by atoms with E-state index in [-0.39, 0.29) is 11.9 Å². The number of piperidine rings is 2. The van der Waals surface area contributed by atoms with Gasteiger partial charge >= 0.3 is 6.03 Å². The zero-order chi connectivity index (χ0) is 37.5. The van der Waals surface area contributed by atoms with Gasteiger partial charge in [-0.3, -0.25) is 15.0 Å². The smallest absolute Gasteiger partial charge is 0.328 e. The Morgan fingerprint density at radius 1 is 0.855 bits per heavy atom. The van der Waals surface area contributed by atoms with Crippen LogP contribution in [0.2, 0.25) is 0 Å². The molecule has 3 saturated heterocycles. The number of aryl methyl sites for hydroxylation is 1. The van der Waals surface area contributed by atoms with Gasteiger partial charge in [0.2, 0.25) is 17.7 Å². The van der Waals surface area contributed by atoms with Crippen molar-refractivity contribution in [2.24, 2.45) is 0 Å². The van der Waals surface area contributed by atoms with Gasteiger partial charge in [0.1, 0.15) is 12.3 Å². The second kappa shape index (κ2) is 14.8. The van der Waals surface area contributed by atoms with Crippen LogP contribution in [0, 0.1) is 13.8 Å². The monoisotopic (exact) mass is 737 g/mol. The van der Waals surface area contributed by atoms with Crippen molar-refractivity contribution >= 4 is 51.5 Å². The number of benzene rings is 3. The molecule has 0 aliphatic carbocycles. The predicted octanol–water partition coefficient (Wildman–Crippen LogP) is 7.15. The quantitative estimate of drug-likeness (QED) is 0.159. The number of aromatic nitrogens is 3. The number of urea groups is 1. The Balaban J connectivity index is 0.777. The van der Waals surface area contributed by atoms with E-state index in [1.54, 1.807) is 4.90 Å². The highest BCUT2D eigenvalue weighted by molar-refractivity contribution is 6.06. The molecule has 2 aromatic heterocycles. The molecule has 0 radical (unpaired) electrons. The van der Waals surface area contributed by atoms with Gasteiger partial charge in [-0.05, 0) is 117 Å². The number of imide groups is 1. The summed E-state index contributed by atoms with van der Waals surface area (Å²) < 4.78 is 5.72. The number of fused-ring (bicyclic) bond motifs is 2. The van der Waals surface area contributed by atoms with Gasteiger partial charge in [0.05, 0.1) is 5.52 Å². The average molecular weight is 738 g/mol. The number of hydrogen-bond acceptors (Lipinski definition) is 10. The van der Waals surface area contributed by atoms with Crippen LogP contribution < -0.4 is 30.5 Å². The van der Waals surface area contributed by atoms with Crippen molar-refractivity contribution < 1.29 is 14.3 Å². The van der Waals surface area contributed by atoms with E-state index >= 15 is 0 Å². The lowest BCUT2D eigenvalue weighted by atomic mass is 9.88. The van der Waals surface area contributed by atoms with Gasteiger partial charge in [-0.25, -0.2) is 19.7 Å². The van der Waals surface area contributed by atoms with Gasteiger partial charge in [0, 0.05) is 79.0 Å². The van der Waals surface area contributed by atoms with Gasteiger partial charge in [-0.15, -0.1) is 0 Å². The molecule has 3 fully saturated rings. The Hall–Kier alpha value is -5.75. The van der Waals surface area contributed by atoms with Gasteiger partial charge in [-0.2, -0.15) is 0 Å². The van der Waals surface area contributed by atoms with E-state index in [2.05, 4.69) is 97.2 Å². The number of amides is 3. The third-order valence-electron chi connectivity index (χ3n) is 11.9. The Bertz CT molecular complexity index is 2250. The van der Waals surface area contributed by atoms with Crippen molar-refractivity contribution in [3.8, 4) is 17.0 Å². The summed E-state index contributed by atoms with van der Waals surface area (Å²) in [6.07, 6.45) is 8.72. The predicted molar refractivity (Wildman–Crippen MR) is 217 cm³/mol. The highest BCUT2D eigenvalue weighted by Gasteiger charge is 2.30. The van der Waals surface area contributed by atoms with Crippen LogP contribution in [0.15, 0.2) is 73.1 Å². The fraction of sp³-hybridized carbons (Fsp3) is 0.372. The molecule has 6 heterocycles. The Kier molecular flexibility index (Phi) is 9.43. The summed E-state index contributed by atoms with van der Waals surface area (Å²) in [4.78, 5) is 44.9. The largest absolute Gasteiger partial charge is 0.474 e. The van der Waals surface area contributed by atoms with Crippen molar-refractivity contribution in [2.75, 3.05) is 66.3 Å². The number of carbonyl (C=O) groups is 2. The molecule has 3 aromatic carbocycles. The molecule has 282 valence electrons. The number of nitrogens with one attached hydrogen (secondary N) is 3. The summed E-state index contributed by atoms with van der Waals surface area (Å²) >= 11 is 0. The lowest BCUT2D eigenvalue weighted by molar-refractivity contribution is -0.120. The molecule has 12 heteroatoms. The maximum atomic E-state index is 12.4. The van der Waals surface area contributed by atoms with Gasteiger partial charge in [0.25, 0.3) is 0 Å². The molecule has 55 heavy (non-hydrogen) atoms. The van der Waals surface area contributed by atoms with Crippen LogP contribution in [-0.4, -0.2) is 83.7 Å². The molecular formula is C43H47N9O3. The topological polar surface area (TPSA) is 128 Å². The van der Waals surface area contributed by atoms with Gasteiger partial charge in [0.15, 0.2) is 0 Å². The number of pyridine rings is 1. The molecule has 9 rings (SSSR count). The minimum Gasteiger partial charge on any atom is -0.474 e. The molecule has 0 bridgehead atoms. The number of carbonyl (C=O) groups excluding carboxylic acids is 2. The van der Waals surface area contributed by atoms with Crippen LogP contribution in [0.4, 0.5) is 33.5 Å². The third-order valence-corrected chi connectivity index (χ3v) is 11.9. The van der Waals surface area contributed by atoms with E-state index in [0.29, 0.717) is 43.4 Å². The SMILES string of the molecule is Cc1cc(N2CCC(N3CCC(c4ccc(Nc5ncc6ccc(-c7cnc8c(c7C)NCCO8)cc6n5)cc4)CC3)CC2)ccc1N1CCC(=O)NC1=O. The van der Waals surface area contributed by atoms with E-state index in [0.717, 1.165) is 95.8 Å². The Morgan fingerprint density at radius 2 is 1.67 bits per heavy atom. The molecule has 0 unspecified atom stereocenters. The zero-order valence-electron chi connectivity index (χ0n) is 31.5. The number of likely N-dealkylation sites (tertiary alicyclic amines) is 1. The third kappa shape index (κ3) is 7.14. The molecule has 3 amide bonds. The molecular weight excluding hydrogens is 691 g/mol. The first-order chi connectivity index (χ1) is 26.9. The summed E-state index contributed by atoms with van der Waals surface area (Å²) in [5, 5.41) is 10.3. The van der Waals surface area contributed by atoms with Crippen molar-refractivity contribution in [3.63, 3.8) is 0 Å². The summed E-state index contributed by atoms with van der Waals surface area (Å²) in [7, 11) is 0. The van der Waals surface area contributed by atoms with Crippen molar-refractivity contribution in [1.82, 2.24) is 25.2 Å². The van der Waals surface area contributed by atoms with Crippen molar-refractivity contribution in [3.05, 3.63) is 89.7 Å². The molecule has 4 aliphatic heterocycles. The Labute approximate surface area is 321 Å². The fourth-order valence-corrected chi connectivity index (χ4v) is 8.75. The van der Waals surface area contributed by atoms with E-state index in [4.69, 9.17) is 9.72 Å². The van der Waals surface area contributed by atoms with E-state index < -0.39 is 0 Å². The normalized spacial score (nSPS) is 18.4. The number of nitrogens with zero attached hydrogens (tertiary/aromatic N) is 6. The second-order valence-electron chi connectivity index (χ2n) is 15.2. The van der Waals surface area contributed by atoms with Crippen LogP contribution in [0.3, 0.4) is 0 Å². The molecule has 0 saturated carbocycles. The minimum atomic E-state index is -0.336. The summed E-state index contributed by atoms with van der Waals surface area (Å²) in [5.41, 5.74) is 10.6. The number of hydrogen-bond donors (Lipinski definition) is 3. The van der Waals surface area contributed by atoms with Crippen LogP contribution in [0.25, 0.3) is 22.0 Å². The molecule has 0 spiro atoms. The zero-order valence-corrected chi connectivity index (χ0v) is 31.5. The van der Waals surface area contributed by atoms with E-state index in [9.17, 15) is 9.59 Å². The van der Waals surface area contributed by atoms with Gasteiger partial charge < -0.3 is 25.2 Å². The van der Waals surface area contributed by atoms with Crippen LogP contribution >= 0.6 is 0 Å². The van der Waals surface area contributed by atoms with Crippen LogP contribution in [-0.2, 0) is 4.79 Å². The maximum absolute atomic E-state index is 12.4. The average Bonchev–Trinajstić information content (AvgIpc) is 3.21. The second-order valence-corrected chi connectivity index (χ2v) is 15.2. The standard InChI is InChI=1S/C43H47N9O3/c1-27-23-35(9-10-38(27)52-21-15-39(53)49-43(52)54)51-19-13-34(14-20-51)50-17-11-30(12-18-50)29-5-7-33(8-6-29)47-42-46-25-32-4-3-31(24-37(32)48-42)36-26-45-41-40(28(36)2)44-16-22-55-41/h3-10,23-26,30,34,44H,11-22H2,1-2H3,(H,46,47,48)(H,49,53,54). The lowest BCUT2D eigenvalue weighted by Crippen LogP contribution is -2.49. The lowest BCUT2D eigenvalue weighted by Gasteiger charge is -2.42. The molecule has 5 aromatic rings. The maximum Gasteiger partial charge on any atom is 0.328 e. The van der Waals surface area contributed by atoms with Crippen molar-refractivity contribution in [1.29, 1.82) is 0 Å². The summed E-state index contributed by atoms with van der Waals surface area (Å²) in [6, 6.07) is 21.7. The minimum absolute atomic E-state index is 0.210. The summed E-state index contributed by atoms with van der Waals surface area (Å²) in [6.45, 7) is 10.3. The van der Waals surface area contributed by atoms with Crippen LogP contribution in [0.5, 0.6) is 5.88 Å². The number of rotatable bonds is 7. The van der Waals surface area contributed by atoms with Crippen LogP contribution in [0.1, 0.15) is 54.7 Å².